The zero-order valence-corrected chi connectivity index (χ0v) is 9.66. The summed E-state index contributed by atoms with van der Waals surface area (Å²) in [4.78, 5) is 22.4. The first-order valence-electron chi connectivity index (χ1n) is 4.71. The molecule has 4 nitrogen and oxygen atoms in total. The van der Waals surface area contributed by atoms with Crippen molar-refractivity contribution in [3.05, 3.63) is 35.9 Å². The number of nitrogens with one attached hydrogen (secondary N) is 1. The van der Waals surface area contributed by atoms with Gasteiger partial charge in [0.15, 0.2) is 6.04 Å². The zero-order valence-electron chi connectivity index (χ0n) is 8.84. The Labute approximate surface area is 98.0 Å². The smallest absolute Gasteiger partial charge is 0.330 e. The molecule has 86 valence electrons. The Morgan fingerprint density at radius 3 is 2.50 bits per heavy atom. The van der Waals surface area contributed by atoms with Gasteiger partial charge >= 0.3 is 5.97 Å². The van der Waals surface area contributed by atoms with E-state index in [1.165, 1.54) is 11.8 Å². The summed E-state index contributed by atoms with van der Waals surface area (Å²) in [7, 11) is 0. The van der Waals surface area contributed by atoms with E-state index >= 15 is 0 Å². The van der Waals surface area contributed by atoms with Crippen LogP contribution in [0.15, 0.2) is 30.3 Å². The fourth-order valence-corrected chi connectivity index (χ4v) is 1.61. The van der Waals surface area contributed by atoms with E-state index in [4.69, 9.17) is 5.11 Å². The van der Waals surface area contributed by atoms with Gasteiger partial charge in [0, 0.05) is 0 Å². The molecule has 0 fully saturated rings. The number of aliphatic carboxylic acids is 1. The van der Waals surface area contributed by atoms with Crippen LogP contribution in [0.2, 0.25) is 0 Å². The first-order chi connectivity index (χ1) is 7.65. The second-order valence-corrected chi connectivity index (χ2v) is 4.05. The molecule has 1 aromatic rings. The lowest BCUT2D eigenvalue weighted by Crippen LogP contribution is -2.34. The minimum absolute atomic E-state index is 0.261. The summed E-state index contributed by atoms with van der Waals surface area (Å²) < 4.78 is 0. The zero-order chi connectivity index (χ0) is 12.0. The third-order valence-electron chi connectivity index (χ3n) is 1.96. The topological polar surface area (TPSA) is 66.4 Å². The molecule has 1 aromatic carbocycles. The van der Waals surface area contributed by atoms with Crippen LogP contribution in [0.25, 0.3) is 0 Å². The van der Waals surface area contributed by atoms with Crippen LogP contribution in [0.1, 0.15) is 11.6 Å². The molecule has 1 amide bonds. The molecule has 0 heterocycles. The van der Waals surface area contributed by atoms with Crippen molar-refractivity contribution >= 4 is 23.6 Å². The van der Waals surface area contributed by atoms with Crippen LogP contribution in [-0.4, -0.2) is 29.0 Å². The highest BCUT2D eigenvalue weighted by molar-refractivity contribution is 7.99. The van der Waals surface area contributed by atoms with Gasteiger partial charge in [0.1, 0.15) is 0 Å². The maximum absolute atomic E-state index is 11.3. The van der Waals surface area contributed by atoms with Gasteiger partial charge in [0.05, 0.1) is 5.75 Å². The van der Waals surface area contributed by atoms with Gasteiger partial charge in [-0.2, -0.15) is 11.8 Å². The summed E-state index contributed by atoms with van der Waals surface area (Å²) in [6.07, 6.45) is 1.79. The molecular formula is C11H13NO3S. The summed E-state index contributed by atoms with van der Waals surface area (Å²) in [5, 5.41) is 11.5. The molecule has 1 rings (SSSR count). The molecule has 0 aliphatic carbocycles. The second-order valence-electron chi connectivity index (χ2n) is 3.18. The average Bonchev–Trinajstić information content (AvgIpc) is 2.27. The molecular weight excluding hydrogens is 226 g/mol. The predicted molar refractivity (Wildman–Crippen MR) is 63.3 cm³/mol. The van der Waals surface area contributed by atoms with E-state index in [1.54, 1.807) is 36.6 Å². The largest absolute Gasteiger partial charge is 0.479 e. The molecule has 0 bridgehead atoms. The van der Waals surface area contributed by atoms with Crippen LogP contribution >= 0.6 is 11.8 Å². The molecule has 0 saturated heterocycles. The minimum Gasteiger partial charge on any atom is -0.479 e. The number of amides is 1. The summed E-state index contributed by atoms with van der Waals surface area (Å²) >= 11 is 1.35. The van der Waals surface area contributed by atoms with Crippen molar-refractivity contribution in [2.45, 2.75) is 6.04 Å². The molecule has 0 saturated carbocycles. The van der Waals surface area contributed by atoms with Gasteiger partial charge < -0.3 is 10.4 Å². The number of carbonyl (C=O) groups is 2. The van der Waals surface area contributed by atoms with Crippen LogP contribution in [-0.2, 0) is 9.59 Å². The van der Waals surface area contributed by atoms with Gasteiger partial charge in [-0.25, -0.2) is 4.79 Å². The highest BCUT2D eigenvalue weighted by Gasteiger charge is 2.21. The van der Waals surface area contributed by atoms with Gasteiger partial charge in [0.25, 0.3) is 0 Å². The van der Waals surface area contributed by atoms with E-state index in [0.29, 0.717) is 5.56 Å². The van der Waals surface area contributed by atoms with Crippen molar-refractivity contribution in [1.29, 1.82) is 0 Å². The lowest BCUT2D eigenvalue weighted by Gasteiger charge is -2.14. The lowest BCUT2D eigenvalue weighted by molar-refractivity contribution is -0.141. The van der Waals surface area contributed by atoms with Crippen LogP contribution in [0.5, 0.6) is 0 Å². The molecule has 0 unspecified atom stereocenters. The van der Waals surface area contributed by atoms with E-state index < -0.39 is 12.0 Å². The first kappa shape index (κ1) is 12.6. The highest BCUT2D eigenvalue weighted by atomic mass is 32.2. The number of benzene rings is 1. The second kappa shape index (κ2) is 6.17. The Balaban J connectivity index is 2.77. The summed E-state index contributed by atoms with van der Waals surface area (Å²) in [6.45, 7) is 0. The molecule has 1 atom stereocenters. The van der Waals surface area contributed by atoms with Crippen LogP contribution in [0.3, 0.4) is 0 Å². The number of thioether (sulfide) groups is 1. The van der Waals surface area contributed by atoms with Crippen molar-refractivity contribution in [3.63, 3.8) is 0 Å². The number of carboxylic acids is 1. The Morgan fingerprint density at radius 1 is 1.38 bits per heavy atom. The summed E-state index contributed by atoms with van der Waals surface area (Å²) in [5.74, 6) is -1.07. The van der Waals surface area contributed by atoms with E-state index in [0.717, 1.165) is 0 Å². The maximum atomic E-state index is 11.3. The van der Waals surface area contributed by atoms with Gasteiger partial charge in [-0.05, 0) is 11.8 Å². The Hall–Kier alpha value is -1.49. The molecule has 0 radical (unpaired) electrons. The molecule has 0 aliphatic rings. The van der Waals surface area contributed by atoms with Crippen molar-refractivity contribution in [2.24, 2.45) is 0 Å². The SMILES string of the molecule is CSCC(=O)N[C@H](C(=O)O)c1ccccc1. The lowest BCUT2D eigenvalue weighted by atomic mass is 10.1. The number of carbonyl (C=O) groups excluding carboxylic acids is 1. The van der Waals surface area contributed by atoms with Gasteiger partial charge in [-0.1, -0.05) is 30.3 Å². The standard InChI is InChI=1S/C11H13NO3S/c1-16-7-9(13)12-10(11(14)15)8-5-3-2-4-6-8/h2-6,10H,7H2,1H3,(H,12,13)(H,14,15)/t10-/m0/s1. The van der Waals surface area contributed by atoms with Gasteiger partial charge in [-0.15, -0.1) is 0 Å². The number of hydrogen-bond donors (Lipinski definition) is 2. The summed E-state index contributed by atoms with van der Waals surface area (Å²) in [6, 6.07) is 7.67. The van der Waals surface area contributed by atoms with E-state index in [9.17, 15) is 9.59 Å². The van der Waals surface area contributed by atoms with Crippen molar-refractivity contribution < 1.29 is 14.7 Å². The molecule has 0 aromatic heterocycles. The van der Waals surface area contributed by atoms with E-state index in [-0.39, 0.29) is 11.7 Å². The fraction of sp³-hybridized carbons (Fsp3) is 0.273. The first-order valence-corrected chi connectivity index (χ1v) is 6.10. The van der Waals surface area contributed by atoms with Crippen LogP contribution in [0.4, 0.5) is 0 Å². The Kier molecular flexibility index (Phi) is 4.85. The van der Waals surface area contributed by atoms with Gasteiger partial charge in [0.2, 0.25) is 5.91 Å². The minimum atomic E-state index is -1.05. The Morgan fingerprint density at radius 2 is 2.00 bits per heavy atom. The molecule has 0 aliphatic heterocycles. The normalized spacial score (nSPS) is 11.8. The maximum Gasteiger partial charge on any atom is 0.330 e. The van der Waals surface area contributed by atoms with Crippen molar-refractivity contribution in [3.8, 4) is 0 Å². The van der Waals surface area contributed by atoms with Crippen molar-refractivity contribution in [2.75, 3.05) is 12.0 Å². The number of carboxylic acid groups (broad SMARTS) is 1. The summed E-state index contributed by atoms with van der Waals surface area (Å²) in [5.41, 5.74) is 0.574. The highest BCUT2D eigenvalue weighted by Crippen LogP contribution is 2.12. The number of rotatable bonds is 5. The third-order valence-corrected chi connectivity index (χ3v) is 2.51. The molecule has 5 heteroatoms. The van der Waals surface area contributed by atoms with E-state index in [2.05, 4.69) is 5.32 Å². The van der Waals surface area contributed by atoms with E-state index in [1.807, 2.05) is 0 Å². The average molecular weight is 239 g/mol. The van der Waals surface area contributed by atoms with Crippen LogP contribution in [0, 0.1) is 0 Å². The number of hydrogen-bond acceptors (Lipinski definition) is 3. The molecule has 16 heavy (non-hydrogen) atoms. The monoisotopic (exact) mass is 239 g/mol. The van der Waals surface area contributed by atoms with Crippen molar-refractivity contribution in [1.82, 2.24) is 5.32 Å². The molecule has 2 N–H and O–H groups in total. The fourth-order valence-electron chi connectivity index (χ4n) is 1.27. The quantitative estimate of drug-likeness (QED) is 0.812. The third kappa shape index (κ3) is 3.58. The van der Waals surface area contributed by atoms with Gasteiger partial charge in [-0.3, -0.25) is 4.79 Å². The molecule has 0 spiro atoms. The van der Waals surface area contributed by atoms with Crippen LogP contribution < -0.4 is 5.32 Å². The Bertz CT molecular complexity index is 367. The predicted octanol–water partition coefficient (Wildman–Crippen LogP) is 1.29.